The highest BCUT2D eigenvalue weighted by atomic mass is 16.3. The zero-order chi connectivity index (χ0) is 21.6. The van der Waals surface area contributed by atoms with E-state index in [1.54, 1.807) is 6.07 Å². The van der Waals surface area contributed by atoms with Gasteiger partial charge < -0.3 is 10.2 Å². The number of Topliss-reactive ketones (excluding diaryl/α,β-unsaturated/α-hetero) is 1. The number of ketones is 1. The van der Waals surface area contributed by atoms with Crippen molar-refractivity contribution in [2.75, 3.05) is 0 Å². The van der Waals surface area contributed by atoms with Gasteiger partial charge in [0, 0.05) is 17.9 Å². The monoisotopic (exact) mass is 406 g/mol. The van der Waals surface area contributed by atoms with Crippen LogP contribution >= 0.6 is 0 Å². The Kier molecular flexibility index (Phi) is 3.99. The molecule has 0 aliphatic heterocycles. The van der Waals surface area contributed by atoms with Gasteiger partial charge in [-0.2, -0.15) is 0 Å². The Morgan fingerprint density at radius 3 is 2.50 bits per heavy atom. The van der Waals surface area contributed by atoms with E-state index in [1.165, 1.54) is 11.1 Å². The van der Waals surface area contributed by atoms with Crippen molar-refractivity contribution in [2.45, 2.75) is 78.6 Å². The van der Waals surface area contributed by atoms with Crippen LogP contribution in [0.25, 0.3) is 10.8 Å². The van der Waals surface area contributed by atoms with Crippen molar-refractivity contribution in [3.05, 3.63) is 34.9 Å². The number of aryl methyl sites for hydroxylation is 2. The second-order valence-corrected chi connectivity index (χ2v) is 11.3. The van der Waals surface area contributed by atoms with Crippen molar-refractivity contribution in [3.63, 3.8) is 0 Å². The lowest BCUT2D eigenvalue weighted by molar-refractivity contribution is -0.147. The molecule has 0 aromatic heterocycles. The van der Waals surface area contributed by atoms with Crippen LogP contribution < -0.4 is 0 Å². The molecule has 3 nitrogen and oxygen atoms in total. The Labute approximate surface area is 179 Å². The molecular formula is C27H34O3. The quantitative estimate of drug-likeness (QED) is 0.513. The van der Waals surface area contributed by atoms with Crippen LogP contribution in [-0.4, -0.2) is 16.0 Å². The van der Waals surface area contributed by atoms with Crippen molar-refractivity contribution >= 4 is 16.6 Å². The smallest absolute Gasteiger partial charge is 0.161 e. The molecule has 30 heavy (non-hydrogen) atoms. The van der Waals surface area contributed by atoms with Crippen LogP contribution in [0, 0.1) is 29.6 Å². The predicted octanol–water partition coefficient (Wildman–Crippen LogP) is 6.18. The summed E-state index contributed by atoms with van der Waals surface area (Å²) in [5.41, 5.74) is 3.84. The van der Waals surface area contributed by atoms with Gasteiger partial charge in [-0.1, -0.05) is 39.8 Å². The van der Waals surface area contributed by atoms with Crippen LogP contribution in [0.4, 0.5) is 0 Å². The van der Waals surface area contributed by atoms with Crippen molar-refractivity contribution in [1.29, 1.82) is 0 Å². The van der Waals surface area contributed by atoms with Crippen LogP contribution in [0.3, 0.4) is 0 Å². The molecule has 5 rings (SSSR count). The fourth-order valence-corrected chi connectivity index (χ4v) is 7.71. The minimum Gasteiger partial charge on any atom is -0.504 e. The number of carbonyl (C=O) groups excluding carboxylic acids is 1. The maximum atomic E-state index is 12.6. The van der Waals surface area contributed by atoms with Gasteiger partial charge >= 0.3 is 0 Å². The summed E-state index contributed by atoms with van der Waals surface area (Å²) in [5, 5.41) is 22.6. The number of phenols is 2. The van der Waals surface area contributed by atoms with E-state index in [0.29, 0.717) is 11.7 Å². The third-order valence-corrected chi connectivity index (χ3v) is 9.91. The number of aromatic hydroxyl groups is 2. The Morgan fingerprint density at radius 1 is 1.03 bits per heavy atom. The van der Waals surface area contributed by atoms with E-state index < -0.39 is 0 Å². The number of rotatable bonds is 0. The van der Waals surface area contributed by atoms with E-state index in [1.807, 2.05) is 6.92 Å². The maximum absolute atomic E-state index is 12.6. The molecule has 5 unspecified atom stereocenters. The topological polar surface area (TPSA) is 57.5 Å². The number of phenolic OH excluding ortho intramolecular Hbond substituents is 2. The third kappa shape index (κ3) is 2.30. The largest absolute Gasteiger partial charge is 0.504 e. The Bertz CT molecular complexity index is 1090. The molecule has 3 aliphatic rings. The molecule has 0 saturated heterocycles. The van der Waals surface area contributed by atoms with Gasteiger partial charge in [0.1, 0.15) is 5.78 Å². The van der Waals surface area contributed by atoms with E-state index in [4.69, 9.17) is 0 Å². The summed E-state index contributed by atoms with van der Waals surface area (Å²) in [7, 11) is 0. The zero-order valence-corrected chi connectivity index (χ0v) is 18.9. The van der Waals surface area contributed by atoms with E-state index in [9.17, 15) is 15.0 Å². The lowest BCUT2D eigenvalue weighted by Crippen LogP contribution is -2.60. The second kappa shape index (κ2) is 6.02. The summed E-state index contributed by atoms with van der Waals surface area (Å²) in [5.74, 6) is 1.14. The first-order valence-electron chi connectivity index (χ1n) is 11.5. The molecule has 0 spiro atoms. The molecule has 2 saturated carbocycles. The minimum absolute atomic E-state index is 0.0106. The normalized spacial score (nSPS) is 38.1. The van der Waals surface area contributed by atoms with Crippen molar-refractivity contribution in [3.8, 4) is 11.5 Å². The number of carbonyl (C=O) groups is 1. The van der Waals surface area contributed by atoms with E-state index in [-0.39, 0.29) is 33.7 Å². The summed E-state index contributed by atoms with van der Waals surface area (Å²) in [4.78, 5) is 12.6. The van der Waals surface area contributed by atoms with Gasteiger partial charge in [0.25, 0.3) is 0 Å². The van der Waals surface area contributed by atoms with Gasteiger partial charge in [0.15, 0.2) is 11.5 Å². The average Bonchev–Trinajstić information content (AvgIpc) is 2.69. The molecule has 2 aromatic carbocycles. The first-order chi connectivity index (χ1) is 14.0. The number of benzene rings is 2. The van der Waals surface area contributed by atoms with Gasteiger partial charge in [0.05, 0.1) is 0 Å². The highest BCUT2D eigenvalue weighted by Gasteiger charge is 2.62. The Hall–Kier alpha value is -2.03. The molecule has 0 heterocycles. The minimum atomic E-state index is -0.0253. The average molecular weight is 407 g/mol. The second-order valence-electron chi connectivity index (χ2n) is 11.3. The number of fused-ring (bicyclic) bond motifs is 7. The predicted molar refractivity (Wildman–Crippen MR) is 120 cm³/mol. The molecule has 3 aliphatic carbocycles. The third-order valence-electron chi connectivity index (χ3n) is 9.91. The standard InChI is InChI=1S/C27H34O3/c1-15-12-23-25(3,14-22(15)29)10-11-26(4)20-7-6-17-16(2)24(30)21(28)13-19(17)18(20)8-9-27(23,26)5/h6-7,13,15,23,28,30H,8-12,14H2,1-5H3. The van der Waals surface area contributed by atoms with Gasteiger partial charge in [-0.15, -0.1) is 0 Å². The van der Waals surface area contributed by atoms with Crippen molar-refractivity contribution in [1.82, 2.24) is 0 Å². The summed E-state index contributed by atoms with van der Waals surface area (Å²) < 4.78 is 0. The number of hydrogen-bond acceptors (Lipinski definition) is 3. The fraction of sp³-hybridized carbons (Fsp3) is 0.593. The van der Waals surface area contributed by atoms with Crippen LogP contribution in [0.15, 0.2) is 18.2 Å². The summed E-state index contributed by atoms with van der Waals surface area (Å²) in [6.07, 6.45) is 6.04. The van der Waals surface area contributed by atoms with Crippen LogP contribution in [0.2, 0.25) is 0 Å². The van der Waals surface area contributed by atoms with E-state index in [2.05, 4.69) is 39.8 Å². The molecule has 0 bridgehead atoms. The van der Waals surface area contributed by atoms with Gasteiger partial charge in [-0.3, -0.25) is 4.79 Å². The molecular weight excluding hydrogens is 372 g/mol. The lowest BCUT2D eigenvalue weighted by atomic mass is 9.38. The van der Waals surface area contributed by atoms with Crippen LogP contribution in [0.1, 0.15) is 76.5 Å². The first kappa shape index (κ1) is 19.9. The highest BCUT2D eigenvalue weighted by molar-refractivity contribution is 5.93. The Morgan fingerprint density at radius 2 is 1.77 bits per heavy atom. The highest BCUT2D eigenvalue weighted by Crippen LogP contribution is 2.68. The molecule has 2 aromatic rings. The van der Waals surface area contributed by atoms with Crippen LogP contribution in [-0.2, 0) is 16.6 Å². The van der Waals surface area contributed by atoms with Gasteiger partial charge in [0.2, 0.25) is 0 Å². The van der Waals surface area contributed by atoms with Gasteiger partial charge in [-0.05, 0) is 89.2 Å². The molecule has 2 N–H and O–H groups in total. The zero-order valence-electron chi connectivity index (χ0n) is 18.9. The van der Waals surface area contributed by atoms with E-state index >= 15 is 0 Å². The molecule has 3 heteroatoms. The summed E-state index contributed by atoms with van der Waals surface area (Å²) >= 11 is 0. The summed E-state index contributed by atoms with van der Waals surface area (Å²) in [6, 6.07) is 6.19. The molecule has 160 valence electrons. The number of hydrogen-bond donors (Lipinski definition) is 2. The SMILES string of the molecule is Cc1c(O)c(O)cc2c3c(ccc12)C1(C)CCC2(C)CC(=O)C(C)CC2C1(C)CC3. The van der Waals surface area contributed by atoms with Crippen molar-refractivity contribution in [2.24, 2.45) is 22.7 Å². The van der Waals surface area contributed by atoms with Crippen LogP contribution in [0.5, 0.6) is 11.5 Å². The summed E-state index contributed by atoms with van der Waals surface area (Å²) in [6.45, 7) is 11.3. The van der Waals surface area contributed by atoms with Gasteiger partial charge in [-0.25, -0.2) is 0 Å². The molecule has 0 amide bonds. The van der Waals surface area contributed by atoms with E-state index in [0.717, 1.165) is 54.9 Å². The van der Waals surface area contributed by atoms with Crippen molar-refractivity contribution < 1.29 is 15.0 Å². The lowest BCUT2D eigenvalue weighted by Gasteiger charge is -2.65. The molecule has 0 radical (unpaired) electrons. The molecule has 2 fully saturated rings. The maximum Gasteiger partial charge on any atom is 0.161 e. The first-order valence-corrected chi connectivity index (χ1v) is 11.5. The Balaban J connectivity index is 1.70. The fourth-order valence-electron chi connectivity index (χ4n) is 7.71. The molecule has 5 atom stereocenters.